The van der Waals surface area contributed by atoms with Gasteiger partial charge in [-0.1, -0.05) is 12.8 Å². The molecule has 1 aliphatic carbocycles. The number of hydrogen-bond acceptors (Lipinski definition) is 3. The smallest absolute Gasteiger partial charge is 0.317 e. The monoisotopic (exact) mass is 339 g/mol. The molecular formula is C17H29N3O4. The van der Waals surface area contributed by atoms with Crippen LogP contribution < -0.4 is 5.32 Å². The summed E-state index contributed by atoms with van der Waals surface area (Å²) in [4.78, 5) is 38.6. The van der Waals surface area contributed by atoms with Crippen molar-refractivity contribution in [2.24, 2.45) is 5.92 Å². The van der Waals surface area contributed by atoms with Gasteiger partial charge in [0.25, 0.3) is 0 Å². The van der Waals surface area contributed by atoms with E-state index in [0.717, 1.165) is 6.42 Å². The average molecular weight is 339 g/mol. The quantitative estimate of drug-likeness (QED) is 0.720. The average Bonchev–Trinajstić information content (AvgIpc) is 2.92. The van der Waals surface area contributed by atoms with Crippen LogP contribution >= 0.6 is 0 Å². The van der Waals surface area contributed by atoms with Gasteiger partial charge in [-0.15, -0.1) is 0 Å². The number of carbonyl (C=O) groups excluding carboxylic acids is 2. The molecule has 24 heavy (non-hydrogen) atoms. The van der Waals surface area contributed by atoms with Crippen LogP contribution in [0.1, 0.15) is 51.4 Å². The van der Waals surface area contributed by atoms with Gasteiger partial charge in [0, 0.05) is 45.6 Å². The lowest BCUT2D eigenvalue weighted by Crippen LogP contribution is -2.43. The van der Waals surface area contributed by atoms with Gasteiger partial charge in [0.2, 0.25) is 5.91 Å². The Morgan fingerprint density at radius 2 is 1.62 bits per heavy atom. The zero-order chi connectivity index (χ0) is 17.4. The SMILES string of the molecule is O=C(O)CCCNC(=O)N1CCCN(C(=O)CC2CCCC2)CC1. The summed E-state index contributed by atoms with van der Waals surface area (Å²) in [7, 11) is 0. The van der Waals surface area contributed by atoms with Gasteiger partial charge >= 0.3 is 12.0 Å². The van der Waals surface area contributed by atoms with Crippen LogP contribution in [0.3, 0.4) is 0 Å². The summed E-state index contributed by atoms with van der Waals surface area (Å²) < 4.78 is 0. The summed E-state index contributed by atoms with van der Waals surface area (Å²) in [5.41, 5.74) is 0. The van der Waals surface area contributed by atoms with Crippen molar-refractivity contribution in [1.82, 2.24) is 15.1 Å². The molecule has 0 bridgehead atoms. The molecule has 1 saturated carbocycles. The second-order valence-corrected chi connectivity index (χ2v) is 6.81. The van der Waals surface area contributed by atoms with Crippen LogP contribution in [0.4, 0.5) is 4.79 Å². The van der Waals surface area contributed by atoms with Crippen LogP contribution in [0.15, 0.2) is 0 Å². The zero-order valence-corrected chi connectivity index (χ0v) is 14.3. The highest BCUT2D eigenvalue weighted by molar-refractivity contribution is 5.77. The third-order valence-corrected chi connectivity index (χ3v) is 4.92. The van der Waals surface area contributed by atoms with E-state index in [0.29, 0.717) is 51.5 Å². The van der Waals surface area contributed by atoms with Gasteiger partial charge in [-0.3, -0.25) is 9.59 Å². The third kappa shape index (κ3) is 6.02. The van der Waals surface area contributed by atoms with Gasteiger partial charge in [-0.05, 0) is 31.6 Å². The second kappa shape index (κ2) is 9.49. The summed E-state index contributed by atoms with van der Waals surface area (Å²) >= 11 is 0. The third-order valence-electron chi connectivity index (χ3n) is 4.92. The van der Waals surface area contributed by atoms with E-state index in [9.17, 15) is 14.4 Å². The van der Waals surface area contributed by atoms with Crippen LogP contribution in [-0.2, 0) is 9.59 Å². The highest BCUT2D eigenvalue weighted by Crippen LogP contribution is 2.28. The first kappa shape index (κ1) is 18.5. The summed E-state index contributed by atoms with van der Waals surface area (Å²) in [6.07, 6.45) is 6.77. The van der Waals surface area contributed by atoms with Crippen molar-refractivity contribution in [3.8, 4) is 0 Å². The molecule has 0 aromatic carbocycles. The first-order valence-electron chi connectivity index (χ1n) is 9.08. The fourth-order valence-electron chi connectivity index (χ4n) is 3.51. The van der Waals surface area contributed by atoms with Crippen molar-refractivity contribution in [2.45, 2.75) is 51.4 Å². The Morgan fingerprint density at radius 1 is 0.958 bits per heavy atom. The summed E-state index contributed by atoms with van der Waals surface area (Å²) in [5.74, 6) is -0.0737. The first-order valence-corrected chi connectivity index (χ1v) is 9.08. The zero-order valence-electron chi connectivity index (χ0n) is 14.3. The Morgan fingerprint density at radius 3 is 2.33 bits per heavy atom. The van der Waals surface area contributed by atoms with E-state index in [4.69, 9.17) is 5.11 Å². The summed E-state index contributed by atoms with van der Waals surface area (Å²) in [6, 6.07) is -0.162. The van der Waals surface area contributed by atoms with Gasteiger partial charge in [-0.2, -0.15) is 0 Å². The summed E-state index contributed by atoms with van der Waals surface area (Å²) in [5, 5.41) is 11.3. The molecule has 7 heteroatoms. The van der Waals surface area contributed by atoms with Crippen LogP contribution in [0.25, 0.3) is 0 Å². The van der Waals surface area contributed by atoms with E-state index in [1.165, 1.54) is 25.7 Å². The molecule has 2 aliphatic rings. The number of carboxylic acids is 1. The Hall–Kier alpha value is -1.79. The van der Waals surface area contributed by atoms with Crippen molar-refractivity contribution >= 4 is 17.9 Å². The van der Waals surface area contributed by atoms with E-state index >= 15 is 0 Å². The molecule has 0 unspecified atom stereocenters. The minimum Gasteiger partial charge on any atom is -0.481 e. The number of rotatable bonds is 6. The molecule has 2 rings (SSSR count). The number of amides is 3. The number of urea groups is 1. The van der Waals surface area contributed by atoms with Gasteiger partial charge in [0.15, 0.2) is 0 Å². The molecule has 2 fully saturated rings. The number of nitrogens with one attached hydrogen (secondary N) is 1. The largest absolute Gasteiger partial charge is 0.481 e. The number of aliphatic carboxylic acids is 1. The normalized spacial score (nSPS) is 19.2. The second-order valence-electron chi connectivity index (χ2n) is 6.81. The minimum absolute atomic E-state index is 0.0593. The maximum atomic E-state index is 12.4. The molecule has 1 heterocycles. The van der Waals surface area contributed by atoms with Crippen molar-refractivity contribution < 1.29 is 19.5 Å². The molecule has 2 N–H and O–H groups in total. The van der Waals surface area contributed by atoms with Crippen molar-refractivity contribution in [2.75, 3.05) is 32.7 Å². The fraction of sp³-hybridized carbons (Fsp3) is 0.824. The highest BCUT2D eigenvalue weighted by Gasteiger charge is 2.25. The molecular weight excluding hydrogens is 310 g/mol. The van der Waals surface area contributed by atoms with Crippen molar-refractivity contribution in [1.29, 1.82) is 0 Å². The molecule has 0 atom stereocenters. The Labute approximate surface area is 143 Å². The lowest BCUT2D eigenvalue weighted by atomic mass is 10.0. The molecule has 3 amide bonds. The maximum absolute atomic E-state index is 12.4. The molecule has 136 valence electrons. The number of carboxylic acid groups (broad SMARTS) is 1. The lowest BCUT2D eigenvalue weighted by Gasteiger charge is -2.23. The molecule has 1 aliphatic heterocycles. The highest BCUT2D eigenvalue weighted by atomic mass is 16.4. The number of hydrogen-bond donors (Lipinski definition) is 2. The van der Waals surface area contributed by atoms with Gasteiger partial charge in [0.1, 0.15) is 0 Å². The van der Waals surface area contributed by atoms with Crippen LogP contribution in [0, 0.1) is 5.92 Å². The first-order chi connectivity index (χ1) is 11.6. The van der Waals surface area contributed by atoms with Crippen molar-refractivity contribution in [3.63, 3.8) is 0 Å². The van der Waals surface area contributed by atoms with Crippen LogP contribution in [0.5, 0.6) is 0 Å². The van der Waals surface area contributed by atoms with Crippen LogP contribution in [-0.4, -0.2) is 65.5 Å². The molecule has 0 aromatic rings. The molecule has 1 saturated heterocycles. The van der Waals surface area contributed by atoms with E-state index in [1.807, 2.05) is 4.90 Å². The van der Waals surface area contributed by atoms with E-state index in [1.54, 1.807) is 4.90 Å². The fourth-order valence-corrected chi connectivity index (χ4v) is 3.51. The minimum atomic E-state index is -0.851. The van der Waals surface area contributed by atoms with Crippen LogP contribution in [0.2, 0.25) is 0 Å². The Bertz CT molecular complexity index is 449. The standard InChI is InChI=1S/C17H29N3O4/c21-15(13-14-5-1-2-6-14)19-9-4-10-20(12-11-19)17(24)18-8-3-7-16(22)23/h14H,1-13H2,(H,18,24)(H,22,23). The van der Waals surface area contributed by atoms with E-state index in [2.05, 4.69) is 5.32 Å². The van der Waals surface area contributed by atoms with Gasteiger partial charge in [0.05, 0.1) is 0 Å². The maximum Gasteiger partial charge on any atom is 0.317 e. The summed E-state index contributed by atoms with van der Waals surface area (Å²) in [6.45, 7) is 2.85. The molecule has 0 spiro atoms. The topological polar surface area (TPSA) is 89.9 Å². The predicted molar refractivity (Wildman–Crippen MR) is 89.6 cm³/mol. The van der Waals surface area contributed by atoms with E-state index in [-0.39, 0.29) is 18.4 Å². The lowest BCUT2D eigenvalue weighted by molar-refractivity contribution is -0.137. The Balaban J connectivity index is 1.70. The molecule has 0 aromatic heterocycles. The predicted octanol–water partition coefficient (Wildman–Crippen LogP) is 1.68. The van der Waals surface area contributed by atoms with E-state index < -0.39 is 5.97 Å². The molecule has 7 nitrogen and oxygen atoms in total. The van der Waals surface area contributed by atoms with Crippen molar-refractivity contribution in [3.05, 3.63) is 0 Å². The number of carbonyl (C=O) groups is 3. The molecule has 0 radical (unpaired) electrons. The van der Waals surface area contributed by atoms with Gasteiger partial charge in [-0.25, -0.2) is 4.79 Å². The van der Waals surface area contributed by atoms with Gasteiger partial charge < -0.3 is 20.2 Å². The number of nitrogens with zero attached hydrogens (tertiary/aromatic N) is 2. The Kier molecular flexibility index (Phi) is 7.34.